The summed E-state index contributed by atoms with van der Waals surface area (Å²) in [5.74, 6) is 0. The van der Waals surface area contributed by atoms with Crippen LogP contribution in [0.2, 0.25) is 5.15 Å². The van der Waals surface area contributed by atoms with Gasteiger partial charge in [-0.25, -0.2) is 18.1 Å². The molecule has 0 spiro atoms. The molecule has 0 aliphatic heterocycles. The largest absolute Gasteiger partial charge is 0.243 e. The average molecular weight is 221 g/mol. The third kappa shape index (κ3) is 1.99. The second-order valence-corrected chi connectivity index (χ2v) is 4.64. The van der Waals surface area contributed by atoms with E-state index in [4.69, 9.17) is 11.6 Å². The van der Waals surface area contributed by atoms with Crippen molar-refractivity contribution in [2.75, 3.05) is 7.05 Å². The summed E-state index contributed by atoms with van der Waals surface area (Å²) in [6.07, 6.45) is 1.46. The summed E-state index contributed by atoms with van der Waals surface area (Å²) in [7, 11) is -2.17. The third-order valence-electron chi connectivity index (χ3n) is 1.60. The van der Waals surface area contributed by atoms with Crippen LogP contribution in [-0.4, -0.2) is 20.4 Å². The van der Waals surface area contributed by atoms with E-state index < -0.39 is 10.0 Å². The van der Waals surface area contributed by atoms with E-state index in [0.29, 0.717) is 5.56 Å². The highest BCUT2D eigenvalue weighted by atomic mass is 35.5. The lowest BCUT2D eigenvalue weighted by Gasteiger charge is -2.06. The maximum absolute atomic E-state index is 11.4. The van der Waals surface area contributed by atoms with Gasteiger partial charge in [-0.05, 0) is 25.6 Å². The summed E-state index contributed by atoms with van der Waals surface area (Å²) in [6, 6.07) is 1.59. The molecule has 6 heteroatoms. The van der Waals surface area contributed by atoms with Crippen LogP contribution in [0.15, 0.2) is 17.2 Å². The van der Waals surface area contributed by atoms with Gasteiger partial charge in [0.1, 0.15) is 10.0 Å². The van der Waals surface area contributed by atoms with E-state index in [1.807, 2.05) is 0 Å². The minimum absolute atomic E-state index is 0.00523. The van der Waals surface area contributed by atoms with Crippen LogP contribution < -0.4 is 4.72 Å². The van der Waals surface area contributed by atoms with Crippen LogP contribution in [-0.2, 0) is 10.0 Å². The van der Waals surface area contributed by atoms with Gasteiger partial charge < -0.3 is 0 Å². The maximum atomic E-state index is 11.4. The molecule has 1 rings (SSSR count). The Balaban J connectivity index is 3.46. The molecule has 0 radical (unpaired) electrons. The second-order valence-electron chi connectivity index (χ2n) is 2.46. The number of nitrogens with one attached hydrogen (secondary N) is 1. The molecular weight excluding hydrogens is 212 g/mol. The molecule has 0 saturated heterocycles. The summed E-state index contributed by atoms with van der Waals surface area (Å²) in [6.45, 7) is 1.66. The summed E-state index contributed by atoms with van der Waals surface area (Å²) in [5.41, 5.74) is 0.578. The Morgan fingerprint density at radius 2 is 2.15 bits per heavy atom. The molecule has 0 saturated carbocycles. The monoisotopic (exact) mass is 220 g/mol. The summed E-state index contributed by atoms with van der Waals surface area (Å²) in [5, 5.41) is -0.00523. The van der Waals surface area contributed by atoms with Gasteiger partial charge in [0, 0.05) is 6.20 Å². The van der Waals surface area contributed by atoms with E-state index in [2.05, 4.69) is 9.71 Å². The SMILES string of the molecule is CNS(=O)(=O)c1c(C)ccnc1Cl. The molecule has 0 aromatic carbocycles. The Bertz CT molecular complexity index is 396. The highest BCUT2D eigenvalue weighted by Gasteiger charge is 2.18. The molecule has 13 heavy (non-hydrogen) atoms. The van der Waals surface area contributed by atoms with Gasteiger partial charge in [0.15, 0.2) is 0 Å². The fourth-order valence-electron chi connectivity index (χ4n) is 0.936. The number of nitrogens with zero attached hydrogens (tertiary/aromatic N) is 1. The van der Waals surface area contributed by atoms with Crippen LogP contribution in [0.4, 0.5) is 0 Å². The van der Waals surface area contributed by atoms with Crippen molar-refractivity contribution in [3.8, 4) is 0 Å². The van der Waals surface area contributed by atoms with Gasteiger partial charge >= 0.3 is 0 Å². The van der Waals surface area contributed by atoms with Gasteiger partial charge in [-0.1, -0.05) is 11.6 Å². The predicted octanol–water partition coefficient (Wildman–Crippen LogP) is 0.952. The number of pyridine rings is 1. The first-order chi connectivity index (χ1) is 5.99. The molecule has 0 atom stereocenters. The number of sulfonamides is 1. The molecule has 0 bridgehead atoms. The number of halogens is 1. The molecule has 1 aromatic heterocycles. The first-order valence-corrected chi connectivity index (χ1v) is 5.40. The first-order valence-electron chi connectivity index (χ1n) is 3.53. The fourth-order valence-corrected chi connectivity index (χ4v) is 2.42. The van der Waals surface area contributed by atoms with Crippen LogP contribution in [0.5, 0.6) is 0 Å². The number of rotatable bonds is 2. The van der Waals surface area contributed by atoms with E-state index in [1.54, 1.807) is 13.0 Å². The molecule has 0 fully saturated rings. The van der Waals surface area contributed by atoms with Crippen LogP contribution >= 0.6 is 11.6 Å². The zero-order chi connectivity index (χ0) is 10.1. The Labute approximate surface area is 82.0 Å². The van der Waals surface area contributed by atoms with Crippen molar-refractivity contribution in [1.82, 2.24) is 9.71 Å². The minimum Gasteiger partial charge on any atom is -0.243 e. The topological polar surface area (TPSA) is 59.1 Å². The lowest BCUT2D eigenvalue weighted by atomic mass is 10.3. The Hall–Kier alpha value is -0.650. The van der Waals surface area contributed by atoms with Crippen molar-refractivity contribution < 1.29 is 8.42 Å². The van der Waals surface area contributed by atoms with Crippen molar-refractivity contribution in [1.29, 1.82) is 0 Å². The molecule has 0 amide bonds. The lowest BCUT2D eigenvalue weighted by molar-refractivity contribution is 0.587. The summed E-state index contributed by atoms with van der Waals surface area (Å²) >= 11 is 5.66. The van der Waals surface area contributed by atoms with Crippen molar-refractivity contribution >= 4 is 21.6 Å². The van der Waals surface area contributed by atoms with Crippen molar-refractivity contribution in [2.45, 2.75) is 11.8 Å². The van der Waals surface area contributed by atoms with Gasteiger partial charge in [-0.15, -0.1) is 0 Å². The average Bonchev–Trinajstić information content (AvgIpc) is 2.03. The predicted molar refractivity (Wildman–Crippen MR) is 50.2 cm³/mol. The Morgan fingerprint density at radius 3 is 2.62 bits per heavy atom. The van der Waals surface area contributed by atoms with Crippen LogP contribution in [0.1, 0.15) is 5.56 Å². The van der Waals surface area contributed by atoms with Crippen LogP contribution in [0, 0.1) is 6.92 Å². The highest BCUT2D eigenvalue weighted by molar-refractivity contribution is 7.89. The van der Waals surface area contributed by atoms with Crippen LogP contribution in [0.25, 0.3) is 0 Å². The zero-order valence-electron chi connectivity index (χ0n) is 7.20. The van der Waals surface area contributed by atoms with E-state index in [9.17, 15) is 8.42 Å². The van der Waals surface area contributed by atoms with Gasteiger partial charge in [-0.2, -0.15) is 0 Å². The number of aryl methyl sites for hydroxylation is 1. The van der Waals surface area contributed by atoms with Crippen molar-refractivity contribution in [3.63, 3.8) is 0 Å². The standard InChI is InChI=1S/C7H9ClN2O2S/c1-5-3-4-10-7(8)6(5)13(11,12)9-2/h3-4,9H,1-2H3. The molecule has 4 nitrogen and oxygen atoms in total. The third-order valence-corrected chi connectivity index (χ3v) is 3.58. The summed E-state index contributed by atoms with van der Waals surface area (Å²) < 4.78 is 25.0. The Morgan fingerprint density at radius 1 is 1.54 bits per heavy atom. The van der Waals surface area contributed by atoms with Crippen molar-refractivity contribution in [3.05, 3.63) is 23.0 Å². The first kappa shape index (κ1) is 10.4. The van der Waals surface area contributed by atoms with Gasteiger partial charge in [0.25, 0.3) is 0 Å². The number of aromatic nitrogens is 1. The molecule has 72 valence electrons. The smallest absolute Gasteiger partial charge is 0.243 e. The van der Waals surface area contributed by atoms with E-state index in [1.165, 1.54) is 13.2 Å². The van der Waals surface area contributed by atoms with E-state index in [-0.39, 0.29) is 10.0 Å². The zero-order valence-corrected chi connectivity index (χ0v) is 8.78. The van der Waals surface area contributed by atoms with Gasteiger partial charge in [0.05, 0.1) is 0 Å². The van der Waals surface area contributed by atoms with Crippen LogP contribution in [0.3, 0.4) is 0 Å². The van der Waals surface area contributed by atoms with Gasteiger partial charge in [-0.3, -0.25) is 0 Å². The number of hydrogen-bond acceptors (Lipinski definition) is 3. The second kappa shape index (κ2) is 3.61. The fraction of sp³-hybridized carbons (Fsp3) is 0.286. The molecule has 1 N–H and O–H groups in total. The molecule has 0 unspecified atom stereocenters. The summed E-state index contributed by atoms with van der Waals surface area (Å²) in [4.78, 5) is 3.74. The lowest BCUT2D eigenvalue weighted by Crippen LogP contribution is -2.20. The maximum Gasteiger partial charge on any atom is 0.243 e. The van der Waals surface area contributed by atoms with E-state index in [0.717, 1.165) is 0 Å². The van der Waals surface area contributed by atoms with Crippen molar-refractivity contribution in [2.24, 2.45) is 0 Å². The van der Waals surface area contributed by atoms with E-state index >= 15 is 0 Å². The molecule has 0 aliphatic rings. The highest BCUT2D eigenvalue weighted by Crippen LogP contribution is 2.21. The normalized spacial score (nSPS) is 11.6. The number of hydrogen-bond donors (Lipinski definition) is 1. The molecular formula is C7H9ClN2O2S. The molecule has 0 aliphatic carbocycles. The Kier molecular flexibility index (Phi) is 2.90. The van der Waals surface area contributed by atoms with Gasteiger partial charge in [0.2, 0.25) is 10.0 Å². The minimum atomic E-state index is -3.50. The molecule has 1 aromatic rings. The quantitative estimate of drug-likeness (QED) is 0.755. The molecule has 1 heterocycles.